The monoisotopic (exact) mass is 1220 g/mol. The minimum Gasteiger partial charge on any atom is -1.00 e. The van der Waals surface area contributed by atoms with Gasteiger partial charge in [0.05, 0.1) is 33.6 Å². The molecule has 0 aliphatic carbocycles. The molecule has 3 aliphatic rings. The van der Waals surface area contributed by atoms with E-state index in [-0.39, 0.29) is 145 Å². The quantitative estimate of drug-likeness (QED) is 0.109. The first kappa shape index (κ1) is 74.1. The molecule has 0 radical (unpaired) electrons. The summed E-state index contributed by atoms with van der Waals surface area (Å²) in [5.41, 5.74) is -1.61. The van der Waals surface area contributed by atoms with Crippen molar-refractivity contribution < 1.29 is 201 Å². The first-order valence-corrected chi connectivity index (χ1v) is 22.8. The van der Waals surface area contributed by atoms with Gasteiger partial charge in [0.25, 0.3) is 6.47 Å². The van der Waals surface area contributed by atoms with Crippen LogP contribution in [0.5, 0.6) is 17.2 Å². The van der Waals surface area contributed by atoms with Crippen molar-refractivity contribution in [2.45, 2.75) is 149 Å². The van der Waals surface area contributed by atoms with E-state index in [0.717, 1.165) is 21.3 Å². The van der Waals surface area contributed by atoms with E-state index in [1.54, 1.807) is 48.5 Å². The van der Waals surface area contributed by atoms with Gasteiger partial charge >= 0.3 is 142 Å². The minimum atomic E-state index is -4.34. The number of hydrogen-bond acceptors (Lipinski definition) is 12. The number of ether oxygens (including phenoxy) is 2. The van der Waals surface area contributed by atoms with E-state index < -0.39 is 70.5 Å². The molecule has 3 aliphatic heterocycles. The van der Waals surface area contributed by atoms with E-state index in [1.807, 2.05) is 83.1 Å². The molecule has 28 heteroatoms. The molecule has 0 spiro atoms. The fraction of sp³-hybridized carbons (Fsp3) is 0.568. The van der Waals surface area contributed by atoms with Crippen LogP contribution in [-0.4, -0.2) is 98.1 Å². The molecule has 3 heterocycles. The number of rotatable bonds is 7. The normalized spacial score (nSPS) is 18.4. The maximum atomic E-state index is 12.1. The van der Waals surface area contributed by atoms with Crippen LogP contribution in [-0.2, 0) is 37.6 Å². The van der Waals surface area contributed by atoms with E-state index >= 15 is 0 Å². The third kappa shape index (κ3) is 27.1. The second-order valence-electron chi connectivity index (χ2n) is 18.3. The third-order valence-electron chi connectivity index (χ3n) is 11.1. The number of alkyl halides is 9. The second kappa shape index (κ2) is 31.0. The number of carbonyl (C=O) groups excluding carboxylic acids is 1. The molecular weight excluding hydrogens is 1160 g/mol. The van der Waals surface area contributed by atoms with E-state index in [0.29, 0.717) is 5.75 Å². The molecule has 72 heavy (non-hydrogen) atoms. The summed E-state index contributed by atoms with van der Waals surface area (Å²) in [6.07, 6.45) is -13.3. The smallest absolute Gasteiger partial charge is 1.00 e. The van der Waals surface area contributed by atoms with Crippen LogP contribution in [0.25, 0.3) is 0 Å². The van der Waals surface area contributed by atoms with Gasteiger partial charge in [-0.1, -0.05) is 50.9 Å². The van der Waals surface area contributed by atoms with Gasteiger partial charge in [-0.15, -0.1) is 0 Å². The van der Waals surface area contributed by atoms with Crippen LogP contribution in [0.15, 0.2) is 81.7 Å². The third-order valence-corrected chi connectivity index (χ3v) is 12.1. The topological polar surface area (TPSA) is 143 Å². The van der Waals surface area contributed by atoms with Crippen LogP contribution in [0.1, 0.15) is 97.9 Å². The van der Waals surface area contributed by atoms with Gasteiger partial charge in [-0.2, -0.15) is 39.5 Å². The SMILES string of the molecule is CC1(C)OB(B2OC(C)(C)C(C)(C)O2)OC1(C)C.CC1(C)OB(c2ccc(OCC(F)(F)F)cc2)OC1(C)C.CCC(F)(F)F.FC(F)(F)COc1ccc(Br)cc1.O=CO[O-].Oc1ccc(Br)cc1.[H-].[K+].[K+]. The molecule has 3 saturated heterocycles. The van der Waals surface area contributed by atoms with Crippen LogP contribution in [0.3, 0.4) is 0 Å². The van der Waals surface area contributed by atoms with Crippen LogP contribution in [0, 0.1) is 0 Å². The zero-order chi connectivity index (χ0) is 54.4. The fourth-order valence-corrected chi connectivity index (χ4v) is 5.53. The van der Waals surface area contributed by atoms with E-state index in [2.05, 4.69) is 46.2 Å². The van der Waals surface area contributed by atoms with E-state index in [4.69, 9.17) is 43.1 Å². The molecule has 3 fully saturated rings. The number of aromatic hydroxyl groups is 1. The van der Waals surface area contributed by atoms with Gasteiger partial charge in [0.15, 0.2) is 13.2 Å². The molecule has 0 unspecified atom stereocenters. The van der Waals surface area contributed by atoms with Crippen molar-refractivity contribution >= 4 is 64.9 Å². The number of hydrogen-bond donors (Lipinski definition) is 1. The zero-order valence-electron chi connectivity index (χ0n) is 44.0. The average Bonchev–Trinajstić information content (AvgIpc) is 3.70. The maximum absolute atomic E-state index is 12.1. The molecule has 6 rings (SSSR count). The van der Waals surface area contributed by atoms with Gasteiger partial charge in [0.2, 0.25) is 0 Å². The van der Waals surface area contributed by atoms with Crippen LogP contribution in [0.2, 0.25) is 0 Å². The van der Waals surface area contributed by atoms with Crippen molar-refractivity contribution in [3.05, 3.63) is 81.7 Å². The van der Waals surface area contributed by atoms with Crippen molar-refractivity contribution in [2.24, 2.45) is 0 Å². The second-order valence-corrected chi connectivity index (χ2v) is 20.1. The predicted molar refractivity (Wildman–Crippen MR) is 252 cm³/mol. The molecule has 0 aromatic heterocycles. The van der Waals surface area contributed by atoms with E-state index in [9.17, 15) is 39.5 Å². The molecule has 0 amide bonds. The van der Waals surface area contributed by atoms with Gasteiger partial charge in [0.1, 0.15) is 17.2 Å². The molecule has 3 aromatic carbocycles. The van der Waals surface area contributed by atoms with Crippen molar-refractivity contribution in [2.75, 3.05) is 13.2 Å². The number of carbonyl (C=O) groups is 1. The van der Waals surface area contributed by atoms with Gasteiger partial charge in [-0.05, 0) is 149 Å². The summed E-state index contributed by atoms with van der Waals surface area (Å²) in [6, 6.07) is 19.3. The van der Waals surface area contributed by atoms with Gasteiger partial charge in [-0.25, -0.2) is 0 Å². The Bertz CT molecular complexity index is 1930. The summed E-state index contributed by atoms with van der Waals surface area (Å²) in [4.78, 5) is 11.2. The Balaban J connectivity index is -0.000000858. The summed E-state index contributed by atoms with van der Waals surface area (Å²) in [5, 5.41) is 17.2. The van der Waals surface area contributed by atoms with Gasteiger partial charge < -0.3 is 54.1 Å². The maximum Gasteiger partial charge on any atom is 1.00 e. The summed E-state index contributed by atoms with van der Waals surface area (Å²) in [6.45, 7) is 22.3. The summed E-state index contributed by atoms with van der Waals surface area (Å²) in [5.74, 6) is 0.668. The Morgan fingerprint density at radius 1 is 0.542 bits per heavy atom. The van der Waals surface area contributed by atoms with Crippen molar-refractivity contribution in [3.8, 4) is 17.2 Å². The van der Waals surface area contributed by atoms with Gasteiger partial charge in [-0.3, -0.25) is 4.79 Å². The Hall–Kier alpha value is 0.0475. The summed E-state index contributed by atoms with van der Waals surface area (Å²) >= 11 is 6.39. The number of benzene rings is 3. The van der Waals surface area contributed by atoms with Crippen LogP contribution < -0.4 is 123 Å². The molecule has 12 nitrogen and oxygen atoms in total. The number of halogens is 11. The number of phenols is 1. The van der Waals surface area contributed by atoms with Gasteiger partial charge in [0, 0.05) is 15.4 Å². The van der Waals surface area contributed by atoms with Crippen molar-refractivity contribution in [1.82, 2.24) is 0 Å². The van der Waals surface area contributed by atoms with Crippen molar-refractivity contribution in [1.29, 1.82) is 0 Å². The molecular formula is C44H60B3Br2F9K2O12. The molecule has 0 bridgehead atoms. The first-order chi connectivity index (χ1) is 31.6. The molecule has 1 N–H and O–H groups in total. The summed E-state index contributed by atoms with van der Waals surface area (Å²) < 4.78 is 150. The molecule has 0 atom stereocenters. The Morgan fingerprint density at radius 2 is 0.792 bits per heavy atom. The largest absolute Gasteiger partial charge is 1.00 e. The Kier molecular flexibility index (Phi) is 31.9. The number of phenolic OH excluding ortho intramolecular Hbond substituents is 1. The van der Waals surface area contributed by atoms with Crippen LogP contribution in [0.4, 0.5) is 39.5 Å². The molecule has 3 aromatic rings. The zero-order valence-corrected chi connectivity index (χ0v) is 52.4. The molecule has 0 saturated carbocycles. The Morgan fingerprint density at radius 3 is 1.03 bits per heavy atom. The average molecular weight is 1220 g/mol. The first-order valence-electron chi connectivity index (χ1n) is 21.2. The summed E-state index contributed by atoms with van der Waals surface area (Å²) in [7, 11) is -1.49. The minimum absolute atomic E-state index is 0. The van der Waals surface area contributed by atoms with Crippen molar-refractivity contribution in [3.63, 3.8) is 0 Å². The fourth-order valence-electron chi connectivity index (χ4n) is 5.00. The standard InChI is InChI=1S/C14H18BF3O3.C12H24B2O4.C8H6BrF3O.C6H5BrO.C3H5F3.CH2O3.2K.H/c1-12(2)13(3,4)21-15(20-12)10-5-7-11(8-6-10)19-9-14(16,17)18;1-9(2)10(3,4)16-13(15-9)14-17-11(5,6)12(7,8)18-14;9-6-1-3-7(4-2-6)13-5-8(10,11)12;7-5-1-3-6(8)4-2-5;1-2-3(4,5)6;2-1-4-3;;;/h5-8H,9H2,1-4H3;1-8H3;1-4H,5H2;1-4,8H;2H2,1H3;1,3H;;;/q;;;;;;2*+1;-1/p-1. The predicted octanol–water partition coefficient (Wildman–Crippen LogP) is 5.23. The van der Waals surface area contributed by atoms with E-state index in [1.165, 1.54) is 24.3 Å². The Labute approximate surface area is 520 Å². The van der Waals surface area contributed by atoms with Crippen LogP contribution >= 0.6 is 31.9 Å². The molecule has 396 valence electrons.